The van der Waals surface area contributed by atoms with E-state index in [0.29, 0.717) is 12.5 Å². The molecule has 0 radical (unpaired) electrons. The van der Waals surface area contributed by atoms with Crippen molar-refractivity contribution < 1.29 is 14.7 Å². The smallest absolute Gasteiger partial charge is 0.251 e. The fourth-order valence-corrected chi connectivity index (χ4v) is 4.05. The summed E-state index contributed by atoms with van der Waals surface area (Å²) in [6.07, 6.45) is 1.11. The lowest BCUT2D eigenvalue weighted by Crippen LogP contribution is -2.47. The van der Waals surface area contributed by atoms with Crippen LogP contribution in [0.25, 0.3) is 0 Å². The maximum Gasteiger partial charge on any atom is 0.251 e. The molecule has 0 aromatic carbocycles. The highest BCUT2D eigenvalue weighted by Gasteiger charge is 2.51. The van der Waals surface area contributed by atoms with Crippen molar-refractivity contribution in [3.8, 4) is 0 Å². The molecule has 2 aliphatic rings. The van der Waals surface area contributed by atoms with E-state index in [4.69, 9.17) is 5.73 Å². The molecule has 0 unspecified atom stereocenters. The highest BCUT2D eigenvalue weighted by molar-refractivity contribution is 7.10. The van der Waals surface area contributed by atoms with Gasteiger partial charge in [-0.2, -0.15) is 0 Å². The molecular formula is C14H18N2O3S. The number of likely N-dealkylation sites (tertiary alicyclic amines) is 1. The molecule has 1 aliphatic carbocycles. The van der Waals surface area contributed by atoms with Gasteiger partial charge in [-0.15, -0.1) is 11.3 Å². The zero-order valence-corrected chi connectivity index (χ0v) is 12.2. The molecular weight excluding hydrogens is 276 g/mol. The van der Waals surface area contributed by atoms with E-state index < -0.39 is 11.5 Å². The summed E-state index contributed by atoms with van der Waals surface area (Å²) in [6, 6.07) is 2.07. The minimum atomic E-state index is -1.54. The lowest BCUT2D eigenvalue weighted by atomic mass is 10.0. The van der Waals surface area contributed by atoms with Crippen LogP contribution in [-0.4, -0.2) is 40.5 Å². The van der Waals surface area contributed by atoms with Gasteiger partial charge in [0.05, 0.1) is 6.54 Å². The van der Waals surface area contributed by atoms with Crippen molar-refractivity contribution in [2.24, 2.45) is 11.7 Å². The largest absolute Gasteiger partial charge is 0.378 e. The average Bonchev–Trinajstić information content (AvgIpc) is 2.90. The Morgan fingerprint density at radius 2 is 2.30 bits per heavy atom. The molecule has 3 N–H and O–H groups in total. The number of aryl methyl sites for hydroxylation is 1. The molecule has 0 spiro atoms. The molecule has 20 heavy (non-hydrogen) atoms. The summed E-state index contributed by atoms with van der Waals surface area (Å²) in [6.45, 7) is 2.51. The van der Waals surface area contributed by atoms with Gasteiger partial charge in [-0.3, -0.25) is 9.59 Å². The molecule has 5 nitrogen and oxygen atoms in total. The Morgan fingerprint density at radius 1 is 1.55 bits per heavy atom. The van der Waals surface area contributed by atoms with Crippen LogP contribution < -0.4 is 5.73 Å². The Morgan fingerprint density at radius 3 is 2.85 bits per heavy atom. The number of carbonyl (C=O) groups is 2. The quantitative estimate of drug-likeness (QED) is 0.856. The van der Waals surface area contributed by atoms with Crippen molar-refractivity contribution in [3.63, 3.8) is 0 Å². The van der Waals surface area contributed by atoms with Crippen molar-refractivity contribution in [2.45, 2.75) is 31.3 Å². The predicted octanol–water partition coefficient (Wildman–Crippen LogP) is 0.609. The van der Waals surface area contributed by atoms with E-state index >= 15 is 0 Å². The number of hydrogen-bond donors (Lipinski definition) is 2. The van der Waals surface area contributed by atoms with Gasteiger partial charge < -0.3 is 15.7 Å². The number of carbonyl (C=O) groups excluding carboxylic acids is 2. The van der Waals surface area contributed by atoms with Crippen LogP contribution in [0.3, 0.4) is 0 Å². The number of hydrogen-bond acceptors (Lipinski definition) is 4. The van der Waals surface area contributed by atoms with Crippen LogP contribution >= 0.6 is 11.3 Å². The molecule has 108 valence electrons. The standard InChI is InChI=1S/C14H18N2O3S/c1-8-2-5-20-11(8)9-6-10(9)12(17)16-4-3-14(19,7-16)13(15)18/h2,5,9-10,19H,3-4,6-7H2,1H3,(H2,15,18)/t9-,10+,14+/m1/s1. The second-order valence-electron chi connectivity index (χ2n) is 5.82. The topological polar surface area (TPSA) is 83.6 Å². The number of thiophene rings is 1. The zero-order valence-electron chi connectivity index (χ0n) is 11.3. The van der Waals surface area contributed by atoms with Gasteiger partial charge in [0.1, 0.15) is 0 Å². The molecule has 1 aromatic heterocycles. The van der Waals surface area contributed by atoms with Crippen molar-refractivity contribution >= 4 is 23.2 Å². The van der Waals surface area contributed by atoms with Gasteiger partial charge in [0.15, 0.2) is 5.60 Å². The highest BCUT2D eigenvalue weighted by atomic mass is 32.1. The van der Waals surface area contributed by atoms with E-state index in [1.165, 1.54) is 10.4 Å². The number of aliphatic hydroxyl groups is 1. The molecule has 1 saturated heterocycles. The Kier molecular flexibility index (Phi) is 3.10. The summed E-state index contributed by atoms with van der Waals surface area (Å²) in [5.74, 6) is -0.387. The molecule has 1 aromatic rings. The van der Waals surface area contributed by atoms with E-state index in [1.807, 2.05) is 5.38 Å². The normalized spacial score (nSPS) is 32.4. The molecule has 2 amide bonds. The zero-order chi connectivity index (χ0) is 14.5. The monoisotopic (exact) mass is 294 g/mol. The minimum Gasteiger partial charge on any atom is -0.378 e. The lowest BCUT2D eigenvalue weighted by Gasteiger charge is -2.20. The van der Waals surface area contributed by atoms with Crippen molar-refractivity contribution in [1.29, 1.82) is 0 Å². The molecule has 3 atom stereocenters. The first-order valence-electron chi connectivity index (χ1n) is 6.77. The summed E-state index contributed by atoms with van der Waals surface area (Å²) >= 11 is 1.69. The first kappa shape index (κ1) is 13.6. The van der Waals surface area contributed by atoms with E-state index in [-0.39, 0.29) is 24.8 Å². The summed E-state index contributed by atoms with van der Waals surface area (Å²) in [7, 11) is 0. The van der Waals surface area contributed by atoms with Crippen molar-refractivity contribution in [3.05, 3.63) is 21.9 Å². The van der Waals surface area contributed by atoms with Crippen LogP contribution in [0, 0.1) is 12.8 Å². The van der Waals surface area contributed by atoms with Crippen molar-refractivity contribution in [2.75, 3.05) is 13.1 Å². The number of primary amides is 1. The molecule has 2 fully saturated rings. The van der Waals surface area contributed by atoms with Gasteiger partial charge in [0.25, 0.3) is 5.91 Å². The summed E-state index contributed by atoms with van der Waals surface area (Å²) in [5, 5.41) is 12.1. The third-order valence-electron chi connectivity index (χ3n) is 4.36. The van der Waals surface area contributed by atoms with Crippen LogP contribution in [-0.2, 0) is 9.59 Å². The number of rotatable bonds is 3. The Hall–Kier alpha value is -1.40. The highest BCUT2D eigenvalue weighted by Crippen LogP contribution is 2.51. The molecule has 1 saturated carbocycles. The third-order valence-corrected chi connectivity index (χ3v) is 5.52. The second kappa shape index (κ2) is 4.56. The molecule has 1 aliphatic heterocycles. The van der Waals surface area contributed by atoms with E-state index in [0.717, 1.165) is 6.42 Å². The lowest BCUT2D eigenvalue weighted by molar-refractivity contribution is -0.137. The second-order valence-corrected chi connectivity index (χ2v) is 6.77. The van der Waals surface area contributed by atoms with Gasteiger partial charge >= 0.3 is 0 Å². The number of β-amino-alcohol motifs (C(OH)–C–C–N with tert-alkyl or cyclic N) is 1. The number of nitrogens with zero attached hydrogens (tertiary/aromatic N) is 1. The van der Waals surface area contributed by atoms with E-state index in [2.05, 4.69) is 13.0 Å². The maximum atomic E-state index is 12.4. The van der Waals surface area contributed by atoms with E-state index in [1.54, 1.807) is 16.2 Å². The first-order valence-corrected chi connectivity index (χ1v) is 7.65. The van der Waals surface area contributed by atoms with Gasteiger partial charge in [-0.1, -0.05) is 0 Å². The molecule has 0 bridgehead atoms. The van der Waals surface area contributed by atoms with Crippen LogP contribution in [0.2, 0.25) is 0 Å². The van der Waals surface area contributed by atoms with Crippen molar-refractivity contribution in [1.82, 2.24) is 4.90 Å². The van der Waals surface area contributed by atoms with Crippen LogP contribution in [0.4, 0.5) is 0 Å². The van der Waals surface area contributed by atoms with Gasteiger partial charge in [-0.05, 0) is 30.4 Å². The first-order chi connectivity index (χ1) is 9.42. The van der Waals surface area contributed by atoms with Crippen LogP contribution in [0.15, 0.2) is 11.4 Å². The van der Waals surface area contributed by atoms with Gasteiger partial charge in [0, 0.05) is 29.7 Å². The predicted molar refractivity (Wildman–Crippen MR) is 75.2 cm³/mol. The summed E-state index contributed by atoms with van der Waals surface area (Å²) in [4.78, 5) is 26.5. The minimum absolute atomic E-state index is 0.00239. The summed E-state index contributed by atoms with van der Waals surface area (Å²) < 4.78 is 0. The van der Waals surface area contributed by atoms with Gasteiger partial charge in [-0.25, -0.2) is 0 Å². The van der Waals surface area contributed by atoms with E-state index in [9.17, 15) is 14.7 Å². The fraction of sp³-hybridized carbons (Fsp3) is 0.571. The fourth-order valence-electron chi connectivity index (χ4n) is 2.94. The number of amides is 2. The molecule has 2 heterocycles. The maximum absolute atomic E-state index is 12.4. The SMILES string of the molecule is Cc1ccsc1[C@@H]1C[C@@H]1C(=O)N1CC[C@@](O)(C(N)=O)C1. The average molecular weight is 294 g/mol. The Bertz CT molecular complexity index is 571. The molecule has 3 rings (SSSR count). The Labute approximate surface area is 121 Å². The third kappa shape index (κ3) is 2.13. The Balaban J connectivity index is 1.65. The van der Waals surface area contributed by atoms with Gasteiger partial charge in [0.2, 0.25) is 5.91 Å². The van der Waals surface area contributed by atoms with Crippen LogP contribution in [0.5, 0.6) is 0 Å². The number of nitrogens with two attached hydrogens (primary N) is 1. The molecule has 6 heteroatoms. The van der Waals surface area contributed by atoms with Crippen LogP contribution in [0.1, 0.15) is 29.2 Å². The summed E-state index contributed by atoms with van der Waals surface area (Å²) in [5.41, 5.74) is 4.88.